The number of hydrogen-bond acceptors (Lipinski definition) is 5. The number of ether oxygens (including phenoxy) is 2. The van der Waals surface area contributed by atoms with Crippen molar-refractivity contribution >= 4 is 5.91 Å². The van der Waals surface area contributed by atoms with Gasteiger partial charge in [-0.1, -0.05) is 29.4 Å². The second-order valence-corrected chi connectivity index (χ2v) is 6.83. The lowest BCUT2D eigenvalue weighted by molar-refractivity contribution is 0.0724. The van der Waals surface area contributed by atoms with E-state index in [2.05, 4.69) is 5.16 Å². The van der Waals surface area contributed by atoms with Gasteiger partial charge in [0.25, 0.3) is 5.91 Å². The summed E-state index contributed by atoms with van der Waals surface area (Å²) in [4.78, 5) is 14.8. The standard InChI is InChI=1S/C22H21FN2O4/c1-27-16-7-4-6-15(12-16)20-9-5-11-25(20)22(26)19-13-17(29-24-19)14-28-21-10-3-2-8-18(21)23/h2-4,6-8,10,12-13,20H,5,9,11,14H2,1H3. The van der Waals surface area contributed by atoms with Crippen LogP contribution >= 0.6 is 0 Å². The van der Waals surface area contributed by atoms with E-state index in [-0.39, 0.29) is 30.0 Å². The van der Waals surface area contributed by atoms with Crippen molar-refractivity contribution in [2.75, 3.05) is 13.7 Å². The largest absolute Gasteiger partial charge is 0.497 e. The Morgan fingerprint density at radius 1 is 1.24 bits per heavy atom. The Morgan fingerprint density at radius 3 is 2.93 bits per heavy atom. The minimum absolute atomic E-state index is 0.0134. The Labute approximate surface area is 167 Å². The van der Waals surface area contributed by atoms with Gasteiger partial charge in [0.1, 0.15) is 12.4 Å². The average Bonchev–Trinajstić information content (AvgIpc) is 3.42. The third kappa shape index (κ3) is 4.08. The van der Waals surface area contributed by atoms with Gasteiger partial charge in [0, 0.05) is 12.6 Å². The van der Waals surface area contributed by atoms with Crippen LogP contribution in [0.25, 0.3) is 0 Å². The molecule has 2 aromatic carbocycles. The minimum Gasteiger partial charge on any atom is -0.497 e. The normalized spacial score (nSPS) is 16.1. The quantitative estimate of drug-likeness (QED) is 0.619. The highest BCUT2D eigenvalue weighted by Crippen LogP contribution is 2.34. The lowest BCUT2D eigenvalue weighted by atomic mass is 10.0. The molecular formula is C22H21FN2O4. The lowest BCUT2D eigenvalue weighted by Gasteiger charge is -2.24. The number of hydrogen-bond donors (Lipinski definition) is 0. The van der Waals surface area contributed by atoms with Crippen molar-refractivity contribution in [1.29, 1.82) is 0 Å². The van der Waals surface area contributed by atoms with Crippen molar-refractivity contribution in [3.05, 3.63) is 77.4 Å². The molecular weight excluding hydrogens is 375 g/mol. The second-order valence-electron chi connectivity index (χ2n) is 6.83. The Hall–Kier alpha value is -3.35. The molecule has 1 aromatic heterocycles. The Bertz CT molecular complexity index is 1000. The van der Waals surface area contributed by atoms with Crippen molar-refractivity contribution in [1.82, 2.24) is 10.1 Å². The van der Waals surface area contributed by atoms with Gasteiger partial charge in [-0.25, -0.2) is 4.39 Å². The van der Waals surface area contributed by atoms with Crippen LogP contribution in [0.3, 0.4) is 0 Å². The third-order valence-electron chi connectivity index (χ3n) is 4.98. The summed E-state index contributed by atoms with van der Waals surface area (Å²) in [5.74, 6) is 0.580. The smallest absolute Gasteiger partial charge is 0.276 e. The summed E-state index contributed by atoms with van der Waals surface area (Å²) in [6.07, 6.45) is 1.79. The van der Waals surface area contributed by atoms with Gasteiger partial charge in [0.15, 0.2) is 23.0 Å². The first-order chi connectivity index (χ1) is 14.2. The number of methoxy groups -OCH3 is 1. The summed E-state index contributed by atoms with van der Waals surface area (Å²) in [5.41, 5.74) is 1.24. The highest BCUT2D eigenvalue weighted by Gasteiger charge is 2.32. The predicted molar refractivity (Wildman–Crippen MR) is 103 cm³/mol. The van der Waals surface area contributed by atoms with Gasteiger partial charge in [-0.2, -0.15) is 0 Å². The first-order valence-corrected chi connectivity index (χ1v) is 9.43. The molecule has 1 aliphatic rings. The molecule has 7 heteroatoms. The number of carbonyl (C=O) groups is 1. The highest BCUT2D eigenvalue weighted by molar-refractivity contribution is 5.92. The van der Waals surface area contributed by atoms with Gasteiger partial charge in [0.2, 0.25) is 0 Å². The van der Waals surface area contributed by atoms with Gasteiger partial charge < -0.3 is 18.9 Å². The molecule has 0 spiro atoms. The molecule has 29 heavy (non-hydrogen) atoms. The molecule has 1 amide bonds. The van der Waals surface area contributed by atoms with Crippen molar-refractivity contribution in [3.8, 4) is 11.5 Å². The maximum absolute atomic E-state index is 13.6. The number of benzene rings is 2. The molecule has 0 saturated carbocycles. The molecule has 150 valence electrons. The summed E-state index contributed by atoms with van der Waals surface area (Å²) in [7, 11) is 1.62. The first-order valence-electron chi connectivity index (χ1n) is 9.43. The van der Waals surface area contributed by atoms with Crippen LogP contribution in [-0.2, 0) is 6.61 Å². The van der Waals surface area contributed by atoms with Crippen LogP contribution in [0.15, 0.2) is 59.1 Å². The van der Waals surface area contributed by atoms with Crippen molar-refractivity contribution in [2.45, 2.75) is 25.5 Å². The zero-order valence-electron chi connectivity index (χ0n) is 16.0. The van der Waals surface area contributed by atoms with Gasteiger partial charge >= 0.3 is 0 Å². The number of likely N-dealkylation sites (tertiary alicyclic amines) is 1. The second kappa shape index (κ2) is 8.34. The number of aromatic nitrogens is 1. The van der Waals surface area contributed by atoms with Gasteiger partial charge in [-0.15, -0.1) is 0 Å². The summed E-state index contributed by atoms with van der Waals surface area (Å²) in [5, 5.41) is 3.89. The zero-order valence-corrected chi connectivity index (χ0v) is 16.0. The zero-order chi connectivity index (χ0) is 20.2. The molecule has 2 heterocycles. The summed E-state index contributed by atoms with van der Waals surface area (Å²) < 4.78 is 29.6. The number of carbonyl (C=O) groups excluding carboxylic acids is 1. The minimum atomic E-state index is -0.457. The molecule has 0 aliphatic carbocycles. The van der Waals surface area contributed by atoms with Crippen LogP contribution in [0.4, 0.5) is 4.39 Å². The summed E-state index contributed by atoms with van der Waals surface area (Å²) in [6, 6.07) is 15.4. The molecule has 4 rings (SSSR count). The van der Waals surface area contributed by atoms with Crippen LogP contribution in [0, 0.1) is 5.82 Å². The summed E-state index contributed by atoms with van der Waals surface area (Å²) >= 11 is 0. The van der Waals surface area contributed by atoms with E-state index in [1.807, 2.05) is 24.3 Å². The topological polar surface area (TPSA) is 64.8 Å². The van der Waals surface area contributed by atoms with Crippen LogP contribution in [0.1, 0.15) is 40.7 Å². The number of rotatable bonds is 6. The number of para-hydroxylation sites is 1. The first kappa shape index (κ1) is 19.0. The van der Waals surface area contributed by atoms with E-state index in [1.165, 1.54) is 12.1 Å². The molecule has 1 aliphatic heterocycles. The van der Waals surface area contributed by atoms with E-state index < -0.39 is 5.82 Å². The SMILES string of the molecule is COc1cccc(C2CCCN2C(=O)c2cc(COc3ccccc3F)on2)c1. The molecule has 1 fully saturated rings. The average molecular weight is 396 g/mol. The van der Waals surface area contributed by atoms with E-state index in [9.17, 15) is 9.18 Å². The van der Waals surface area contributed by atoms with Crippen LogP contribution in [0.2, 0.25) is 0 Å². The Kier molecular flexibility index (Phi) is 5.46. The fourth-order valence-corrected chi connectivity index (χ4v) is 3.54. The van der Waals surface area contributed by atoms with Gasteiger partial charge in [-0.3, -0.25) is 4.79 Å². The maximum Gasteiger partial charge on any atom is 0.276 e. The Morgan fingerprint density at radius 2 is 2.10 bits per heavy atom. The van der Waals surface area contributed by atoms with E-state index in [1.54, 1.807) is 30.2 Å². The fourth-order valence-electron chi connectivity index (χ4n) is 3.54. The number of nitrogens with zero attached hydrogens (tertiary/aromatic N) is 2. The van der Waals surface area contributed by atoms with Crippen LogP contribution < -0.4 is 9.47 Å². The van der Waals surface area contributed by atoms with Gasteiger partial charge in [-0.05, 0) is 42.7 Å². The Balaban J connectivity index is 1.46. The predicted octanol–water partition coefficient (Wildman–Crippen LogP) is 4.38. The van der Waals surface area contributed by atoms with E-state index in [4.69, 9.17) is 14.0 Å². The third-order valence-corrected chi connectivity index (χ3v) is 4.98. The molecule has 0 N–H and O–H groups in total. The van der Waals surface area contributed by atoms with E-state index >= 15 is 0 Å². The van der Waals surface area contributed by atoms with Gasteiger partial charge in [0.05, 0.1) is 13.2 Å². The van der Waals surface area contributed by atoms with Crippen LogP contribution in [0.5, 0.6) is 11.5 Å². The molecule has 0 bridgehead atoms. The van der Waals surface area contributed by atoms with Crippen molar-refractivity contribution < 1.29 is 23.2 Å². The van der Waals surface area contributed by atoms with Crippen molar-refractivity contribution in [3.63, 3.8) is 0 Å². The van der Waals surface area contributed by atoms with E-state index in [0.717, 1.165) is 24.2 Å². The molecule has 1 saturated heterocycles. The van der Waals surface area contributed by atoms with Crippen LogP contribution in [-0.4, -0.2) is 29.6 Å². The molecule has 3 aromatic rings. The summed E-state index contributed by atoms with van der Waals surface area (Å²) in [6.45, 7) is 0.634. The monoisotopic (exact) mass is 396 g/mol. The lowest BCUT2D eigenvalue weighted by Crippen LogP contribution is -2.30. The number of halogens is 1. The number of amides is 1. The van der Waals surface area contributed by atoms with Crippen molar-refractivity contribution in [2.24, 2.45) is 0 Å². The maximum atomic E-state index is 13.6. The molecule has 0 radical (unpaired) electrons. The fraction of sp³-hybridized carbons (Fsp3) is 0.273. The molecule has 6 nitrogen and oxygen atoms in total. The molecule has 1 unspecified atom stereocenters. The molecule has 1 atom stereocenters. The van der Waals surface area contributed by atoms with E-state index in [0.29, 0.717) is 12.3 Å². The highest BCUT2D eigenvalue weighted by atomic mass is 19.1.